The first-order valence-corrected chi connectivity index (χ1v) is 13.1. The summed E-state index contributed by atoms with van der Waals surface area (Å²) >= 11 is 1.30. The van der Waals surface area contributed by atoms with Gasteiger partial charge in [-0.1, -0.05) is 12.1 Å². The largest absolute Gasteiger partial charge is 0.347 e. The Balaban J connectivity index is 1.30. The zero-order chi connectivity index (χ0) is 27.3. The van der Waals surface area contributed by atoms with Crippen LogP contribution in [0.2, 0.25) is 0 Å². The number of rotatable bonds is 4. The first-order valence-electron chi connectivity index (χ1n) is 12.2. The van der Waals surface area contributed by atoms with E-state index in [1.54, 1.807) is 0 Å². The topological polar surface area (TPSA) is 98.9 Å². The predicted octanol–water partition coefficient (Wildman–Crippen LogP) is 4.49. The second-order valence-corrected chi connectivity index (χ2v) is 10.4. The van der Waals surface area contributed by atoms with Gasteiger partial charge in [-0.05, 0) is 56.0 Å². The van der Waals surface area contributed by atoms with Crippen molar-refractivity contribution >= 4 is 38.5 Å². The number of pyridine rings is 1. The number of nitrogens with one attached hydrogen (secondary N) is 1. The second-order valence-electron chi connectivity index (χ2n) is 9.38. The number of fused-ring (bicyclic) bond motifs is 2. The summed E-state index contributed by atoms with van der Waals surface area (Å²) in [5.74, 6) is -3.35. The number of nitrogens with zero attached hydrogens (tertiary/aromatic N) is 4. The molecule has 1 aliphatic rings. The normalized spacial score (nSPS) is 17.5. The van der Waals surface area contributed by atoms with Crippen LogP contribution in [-0.4, -0.2) is 31.1 Å². The Morgan fingerprint density at radius 1 is 0.974 bits per heavy atom. The van der Waals surface area contributed by atoms with Gasteiger partial charge in [-0.15, -0.1) is 11.3 Å². The fraction of sp³-hybridized carbons (Fsp3) is 0.222. The van der Waals surface area contributed by atoms with Gasteiger partial charge < -0.3 is 5.32 Å². The smallest absolute Gasteiger partial charge is 0.337 e. The Morgan fingerprint density at radius 2 is 1.74 bits per heavy atom. The molecule has 0 spiro atoms. The van der Waals surface area contributed by atoms with E-state index in [9.17, 15) is 27.6 Å². The summed E-state index contributed by atoms with van der Waals surface area (Å²) in [6, 6.07) is 10.6. The minimum absolute atomic E-state index is 0.0476. The molecule has 1 amide bonds. The highest BCUT2D eigenvalue weighted by atomic mass is 32.1. The first-order chi connectivity index (χ1) is 18.8. The lowest BCUT2D eigenvalue weighted by atomic mass is 9.91. The third-order valence-corrected chi connectivity index (χ3v) is 7.97. The van der Waals surface area contributed by atoms with Crippen LogP contribution in [0.1, 0.15) is 41.5 Å². The van der Waals surface area contributed by atoms with Crippen LogP contribution in [0.5, 0.6) is 0 Å². The van der Waals surface area contributed by atoms with Crippen molar-refractivity contribution < 1.29 is 18.0 Å². The van der Waals surface area contributed by atoms with Gasteiger partial charge in [-0.2, -0.15) is 0 Å². The number of benzene rings is 2. The van der Waals surface area contributed by atoms with Crippen molar-refractivity contribution in [3.05, 3.63) is 98.0 Å². The highest BCUT2D eigenvalue weighted by Crippen LogP contribution is 2.28. The maximum atomic E-state index is 14.1. The fourth-order valence-corrected chi connectivity index (χ4v) is 5.93. The molecule has 3 aromatic heterocycles. The summed E-state index contributed by atoms with van der Waals surface area (Å²) in [5.41, 5.74) is -0.975. The molecule has 0 radical (unpaired) electrons. The molecule has 1 saturated carbocycles. The van der Waals surface area contributed by atoms with Crippen molar-refractivity contribution in [1.82, 2.24) is 24.4 Å². The number of hydrogen-bond donors (Lipinski definition) is 1. The summed E-state index contributed by atoms with van der Waals surface area (Å²) in [4.78, 5) is 48.1. The molecule has 1 N–H and O–H groups in total. The van der Waals surface area contributed by atoms with E-state index in [0.717, 1.165) is 43.7 Å². The fourth-order valence-electron chi connectivity index (χ4n) is 5.06. The molecule has 0 unspecified atom stereocenters. The average Bonchev–Trinajstić information content (AvgIpc) is 3.37. The summed E-state index contributed by atoms with van der Waals surface area (Å²) in [7, 11) is 0. The van der Waals surface area contributed by atoms with E-state index in [0.29, 0.717) is 30.7 Å². The van der Waals surface area contributed by atoms with Gasteiger partial charge in [0.05, 0.1) is 27.5 Å². The van der Waals surface area contributed by atoms with Gasteiger partial charge >= 0.3 is 5.69 Å². The molecule has 1 aliphatic carbocycles. The minimum atomic E-state index is -1.18. The van der Waals surface area contributed by atoms with Crippen LogP contribution in [-0.2, 0) is 0 Å². The molecule has 0 atom stereocenters. The molecule has 1 fully saturated rings. The number of carbonyl (C=O) groups excluding carboxylic acids is 1. The van der Waals surface area contributed by atoms with Crippen molar-refractivity contribution in [1.29, 1.82) is 0 Å². The van der Waals surface area contributed by atoms with Crippen LogP contribution in [0.25, 0.3) is 26.9 Å². The number of amides is 1. The molecule has 12 heteroatoms. The van der Waals surface area contributed by atoms with Gasteiger partial charge in [0.15, 0.2) is 22.3 Å². The monoisotopic (exact) mass is 551 g/mol. The van der Waals surface area contributed by atoms with Gasteiger partial charge in [-0.3, -0.25) is 14.2 Å². The Hall–Kier alpha value is -4.32. The molecule has 198 valence electrons. The Morgan fingerprint density at radius 3 is 2.49 bits per heavy atom. The summed E-state index contributed by atoms with van der Waals surface area (Å²) in [6.07, 6.45) is 2.58. The third kappa shape index (κ3) is 4.50. The molecular formula is C27H20F3N5O3S. The molecule has 0 aliphatic heterocycles. The highest BCUT2D eigenvalue weighted by Gasteiger charge is 2.28. The predicted molar refractivity (Wildman–Crippen MR) is 140 cm³/mol. The number of hydrogen-bond acceptors (Lipinski definition) is 6. The Bertz CT molecular complexity index is 1840. The standard InChI is InChI=1S/C27H20F3N5O3S/c28-14-11-18-23(31-13-14)34(17-9-10-19(29)20(30)12-17)27(38)35(26(18)37)16-7-5-15(6-8-16)32-24(36)25-33-21-3-1-2-4-22(21)39-25/h1-4,9-13,15-16H,5-8H2,(H,32,36). The summed E-state index contributed by atoms with van der Waals surface area (Å²) in [5, 5.41) is 3.18. The maximum Gasteiger partial charge on any atom is 0.337 e. The van der Waals surface area contributed by atoms with E-state index in [1.807, 2.05) is 24.3 Å². The van der Waals surface area contributed by atoms with Crippen LogP contribution in [0.3, 0.4) is 0 Å². The van der Waals surface area contributed by atoms with Crippen LogP contribution in [0.15, 0.2) is 64.3 Å². The third-order valence-electron chi connectivity index (χ3n) is 6.94. The van der Waals surface area contributed by atoms with Crippen molar-refractivity contribution in [2.75, 3.05) is 0 Å². The molecule has 2 aromatic carbocycles. The lowest BCUT2D eigenvalue weighted by Gasteiger charge is -2.30. The first kappa shape index (κ1) is 25.0. The second kappa shape index (κ2) is 9.77. The van der Waals surface area contributed by atoms with Crippen LogP contribution in [0, 0.1) is 17.5 Å². The van der Waals surface area contributed by atoms with E-state index >= 15 is 0 Å². The van der Waals surface area contributed by atoms with E-state index < -0.39 is 34.7 Å². The van der Waals surface area contributed by atoms with Crippen molar-refractivity contribution in [2.24, 2.45) is 0 Å². The number of carbonyl (C=O) groups is 1. The zero-order valence-electron chi connectivity index (χ0n) is 20.2. The van der Waals surface area contributed by atoms with Crippen molar-refractivity contribution in [2.45, 2.75) is 37.8 Å². The number of aromatic nitrogens is 4. The quantitative estimate of drug-likeness (QED) is 0.355. The molecule has 39 heavy (non-hydrogen) atoms. The van der Waals surface area contributed by atoms with Crippen LogP contribution < -0.4 is 16.6 Å². The van der Waals surface area contributed by atoms with Gasteiger partial charge in [0.2, 0.25) is 0 Å². The lowest BCUT2D eigenvalue weighted by Crippen LogP contribution is -2.45. The van der Waals surface area contributed by atoms with Gasteiger partial charge in [0.25, 0.3) is 11.5 Å². The van der Waals surface area contributed by atoms with Crippen LogP contribution >= 0.6 is 11.3 Å². The molecule has 0 bridgehead atoms. The molecular weight excluding hydrogens is 531 g/mol. The van der Waals surface area contributed by atoms with E-state index in [1.165, 1.54) is 17.4 Å². The number of para-hydroxylation sites is 1. The van der Waals surface area contributed by atoms with Crippen molar-refractivity contribution in [3.63, 3.8) is 0 Å². The van der Waals surface area contributed by atoms with E-state index in [2.05, 4.69) is 15.3 Å². The molecule has 8 nitrogen and oxygen atoms in total. The van der Waals surface area contributed by atoms with Gasteiger partial charge in [0.1, 0.15) is 5.82 Å². The van der Waals surface area contributed by atoms with Crippen LogP contribution in [0.4, 0.5) is 13.2 Å². The minimum Gasteiger partial charge on any atom is -0.347 e. The van der Waals surface area contributed by atoms with E-state index in [-0.39, 0.29) is 28.7 Å². The van der Waals surface area contributed by atoms with Gasteiger partial charge in [0, 0.05) is 18.2 Å². The SMILES string of the molecule is O=C(NC1CCC(n2c(=O)c3cc(F)cnc3n(-c3ccc(F)c(F)c3)c2=O)CC1)c1nc2ccccc2s1. The Kier molecular flexibility index (Phi) is 6.26. The van der Waals surface area contributed by atoms with E-state index in [4.69, 9.17) is 0 Å². The molecule has 3 heterocycles. The lowest BCUT2D eigenvalue weighted by molar-refractivity contribution is 0.0921. The van der Waals surface area contributed by atoms with Gasteiger partial charge in [-0.25, -0.2) is 32.5 Å². The zero-order valence-corrected chi connectivity index (χ0v) is 21.1. The highest BCUT2D eigenvalue weighted by molar-refractivity contribution is 7.20. The Labute approximate surface area is 222 Å². The molecule has 6 rings (SSSR count). The summed E-state index contributed by atoms with van der Waals surface area (Å²) in [6.45, 7) is 0. The number of thiazole rings is 1. The maximum absolute atomic E-state index is 14.1. The van der Waals surface area contributed by atoms with Crippen molar-refractivity contribution in [3.8, 4) is 5.69 Å². The summed E-state index contributed by atoms with van der Waals surface area (Å²) < 4.78 is 44.6. The molecule has 5 aromatic rings. The number of halogens is 3. The molecule has 0 saturated heterocycles. The average molecular weight is 552 g/mol.